The summed E-state index contributed by atoms with van der Waals surface area (Å²) in [7, 11) is -3.29. The minimum Gasteiger partial charge on any atom is -0.477 e. The molecule has 1 amide bonds. The topological polar surface area (TPSA) is 85.4 Å². The first-order chi connectivity index (χ1) is 18.0. The average Bonchev–Trinajstić information content (AvgIpc) is 2.89. The van der Waals surface area contributed by atoms with Crippen molar-refractivity contribution in [3.8, 4) is 5.88 Å². The molecule has 0 saturated heterocycles. The molecule has 0 radical (unpaired) electrons. The number of nitrogens with zero attached hydrogens (tertiary/aromatic N) is 1. The quantitative estimate of drug-likeness (QED) is 0.320. The van der Waals surface area contributed by atoms with E-state index in [0.717, 1.165) is 5.56 Å². The first-order valence-corrected chi connectivity index (χ1v) is 14.4. The highest BCUT2D eigenvalue weighted by atomic mass is 35.5. The number of hydrogen-bond acceptors (Lipinski definition) is 5. The lowest BCUT2D eigenvalue weighted by molar-refractivity contribution is -0.184. The van der Waals surface area contributed by atoms with Crippen molar-refractivity contribution in [1.29, 1.82) is 0 Å². The molecule has 2 aromatic carbocycles. The molecule has 0 atom stereocenters. The Kier molecular flexibility index (Phi) is 8.52. The maximum absolute atomic E-state index is 12.9. The minimum atomic E-state index is -4.15. The number of pyridine rings is 1. The van der Waals surface area contributed by atoms with Crippen LogP contribution in [-0.2, 0) is 16.4 Å². The molecule has 204 valence electrons. The molecule has 0 spiro atoms. The molecule has 1 aliphatic carbocycles. The second-order valence-electron chi connectivity index (χ2n) is 9.49. The van der Waals surface area contributed by atoms with E-state index < -0.39 is 21.9 Å². The number of ether oxygens (including phenoxy) is 1. The predicted molar refractivity (Wildman–Crippen MR) is 139 cm³/mol. The van der Waals surface area contributed by atoms with Gasteiger partial charge < -0.3 is 10.1 Å². The fourth-order valence-corrected chi connectivity index (χ4v) is 5.64. The predicted octanol–water partition coefficient (Wildman–Crippen LogP) is 6.36. The zero-order chi connectivity index (χ0) is 27.5. The highest BCUT2D eigenvalue weighted by Gasteiger charge is 2.41. The van der Waals surface area contributed by atoms with Crippen molar-refractivity contribution in [2.75, 3.05) is 12.4 Å². The summed E-state index contributed by atoms with van der Waals surface area (Å²) in [5.41, 5.74) is 1.14. The SMILES string of the molecule is CCS(=O)(=O)c1ccc(CNC(=O)c2ccc3c(OCC4CCC(C(F)(F)F)CC4)nc(Cl)cc3c2)cc1. The van der Waals surface area contributed by atoms with E-state index in [1.807, 2.05) is 0 Å². The van der Waals surface area contributed by atoms with Gasteiger partial charge in [-0.3, -0.25) is 4.79 Å². The van der Waals surface area contributed by atoms with Gasteiger partial charge in [-0.05, 0) is 78.9 Å². The number of benzene rings is 2. The van der Waals surface area contributed by atoms with E-state index in [-0.39, 0.29) is 59.5 Å². The normalized spacial score (nSPS) is 18.3. The van der Waals surface area contributed by atoms with Crippen LogP contribution in [0.2, 0.25) is 5.15 Å². The summed E-state index contributed by atoms with van der Waals surface area (Å²) < 4.78 is 68.6. The van der Waals surface area contributed by atoms with Crippen molar-refractivity contribution >= 4 is 38.1 Å². The molecular weight excluding hydrogens is 541 g/mol. The zero-order valence-corrected chi connectivity index (χ0v) is 22.3. The monoisotopic (exact) mass is 568 g/mol. The van der Waals surface area contributed by atoms with E-state index in [2.05, 4.69) is 10.3 Å². The van der Waals surface area contributed by atoms with Gasteiger partial charge in [-0.2, -0.15) is 13.2 Å². The van der Waals surface area contributed by atoms with Crippen molar-refractivity contribution < 1.29 is 31.1 Å². The first-order valence-electron chi connectivity index (χ1n) is 12.4. The van der Waals surface area contributed by atoms with Gasteiger partial charge >= 0.3 is 6.18 Å². The highest BCUT2D eigenvalue weighted by molar-refractivity contribution is 7.91. The van der Waals surface area contributed by atoms with Crippen molar-refractivity contribution in [2.45, 2.75) is 50.2 Å². The molecular formula is C27H28ClF3N2O4S. The number of sulfone groups is 1. The highest BCUT2D eigenvalue weighted by Crippen LogP contribution is 2.40. The molecule has 0 aliphatic heterocycles. The summed E-state index contributed by atoms with van der Waals surface area (Å²) >= 11 is 6.18. The van der Waals surface area contributed by atoms with Crippen LogP contribution in [0.25, 0.3) is 10.8 Å². The molecule has 4 rings (SSSR count). The van der Waals surface area contributed by atoms with Crippen LogP contribution in [0, 0.1) is 11.8 Å². The Morgan fingerprint density at radius 2 is 1.76 bits per heavy atom. The van der Waals surface area contributed by atoms with E-state index in [0.29, 0.717) is 29.2 Å². The standard InChI is InChI=1S/C27H28ClF3N2O4S/c1-2-38(35,36)22-10-5-17(6-11-22)15-32-25(34)19-7-12-23-20(13-19)14-24(28)33-26(23)37-16-18-3-8-21(9-4-18)27(29,30)31/h5-7,10-14,18,21H,2-4,8-9,15-16H2,1H3,(H,32,34). The van der Waals surface area contributed by atoms with Crippen molar-refractivity contribution in [3.05, 3.63) is 64.8 Å². The zero-order valence-electron chi connectivity index (χ0n) is 20.7. The number of nitrogens with one attached hydrogen (secondary N) is 1. The number of carbonyl (C=O) groups excluding carboxylic acids is 1. The van der Waals surface area contributed by atoms with Gasteiger partial charge in [0.25, 0.3) is 5.91 Å². The number of alkyl halides is 3. The van der Waals surface area contributed by atoms with E-state index in [4.69, 9.17) is 16.3 Å². The third-order valence-electron chi connectivity index (χ3n) is 6.91. The summed E-state index contributed by atoms with van der Waals surface area (Å²) in [5, 5.41) is 4.27. The van der Waals surface area contributed by atoms with E-state index in [1.54, 1.807) is 43.3 Å². The molecule has 1 heterocycles. The van der Waals surface area contributed by atoms with Crippen LogP contribution in [-0.4, -0.2) is 37.8 Å². The Hall–Kier alpha value is -2.85. The number of amides is 1. The van der Waals surface area contributed by atoms with Crippen LogP contribution in [0.15, 0.2) is 53.4 Å². The summed E-state index contributed by atoms with van der Waals surface area (Å²) in [6.07, 6.45) is -3.08. The number of hydrogen-bond donors (Lipinski definition) is 1. The number of fused-ring (bicyclic) bond motifs is 1. The molecule has 1 N–H and O–H groups in total. The van der Waals surface area contributed by atoms with Crippen molar-refractivity contribution in [3.63, 3.8) is 0 Å². The van der Waals surface area contributed by atoms with Crippen LogP contribution in [0.1, 0.15) is 48.5 Å². The molecule has 0 unspecified atom stereocenters. The Balaban J connectivity index is 1.39. The largest absolute Gasteiger partial charge is 0.477 e. The van der Waals surface area contributed by atoms with Crippen LogP contribution in [0.4, 0.5) is 13.2 Å². The molecule has 1 aromatic heterocycles. The smallest absolute Gasteiger partial charge is 0.391 e. The number of carbonyl (C=O) groups is 1. The maximum atomic E-state index is 12.9. The van der Waals surface area contributed by atoms with Gasteiger partial charge in [0.1, 0.15) is 5.15 Å². The Morgan fingerprint density at radius 3 is 2.39 bits per heavy atom. The van der Waals surface area contributed by atoms with Crippen LogP contribution in [0.3, 0.4) is 0 Å². The molecule has 3 aromatic rings. The second-order valence-corrected chi connectivity index (χ2v) is 12.2. The molecule has 38 heavy (non-hydrogen) atoms. The fourth-order valence-electron chi connectivity index (χ4n) is 4.56. The maximum Gasteiger partial charge on any atom is 0.391 e. The molecule has 1 saturated carbocycles. The van der Waals surface area contributed by atoms with Gasteiger partial charge in [0, 0.05) is 17.5 Å². The van der Waals surface area contributed by atoms with Crippen molar-refractivity contribution in [2.24, 2.45) is 11.8 Å². The average molecular weight is 569 g/mol. The number of rotatable bonds is 8. The van der Waals surface area contributed by atoms with E-state index in [9.17, 15) is 26.4 Å². The molecule has 1 aliphatic rings. The van der Waals surface area contributed by atoms with Gasteiger partial charge in [-0.25, -0.2) is 13.4 Å². The Labute approximate surface area is 224 Å². The van der Waals surface area contributed by atoms with Crippen LogP contribution < -0.4 is 10.1 Å². The summed E-state index contributed by atoms with van der Waals surface area (Å²) in [6, 6.07) is 13.0. The third kappa shape index (κ3) is 6.77. The first kappa shape index (κ1) is 28.2. The van der Waals surface area contributed by atoms with Gasteiger partial charge in [0.05, 0.1) is 23.2 Å². The molecule has 11 heteroatoms. The van der Waals surface area contributed by atoms with Gasteiger partial charge in [-0.1, -0.05) is 30.7 Å². The summed E-state index contributed by atoms with van der Waals surface area (Å²) in [6.45, 7) is 2.04. The van der Waals surface area contributed by atoms with Crippen molar-refractivity contribution in [1.82, 2.24) is 10.3 Å². The van der Waals surface area contributed by atoms with Gasteiger partial charge in [0.2, 0.25) is 5.88 Å². The van der Waals surface area contributed by atoms with Crippen LogP contribution >= 0.6 is 11.6 Å². The molecule has 1 fully saturated rings. The molecule has 6 nitrogen and oxygen atoms in total. The Morgan fingerprint density at radius 1 is 1.08 bits per heavy atom. The fraction of sp³-hybridized carbons (Fsp3) is 0.407. The molecule has 0 bridgehead atoms. The number of aromatic nitrogens is 1. The summed E-state index contributed by atoms with van der Waals surface area (Å²) in [4.78, 5) is 17.2. The summed E-state index contributed by atoms with van der Waals surface area (Å²) in [5.74, 6) is -1.27. The van der Waals surface area contributed by atoms with E-state index >= 15 is 0 Å². The lowest BCUT2D eigenvalue weighted by Crippen LogP contribution is -2.29. The van der Waals surface area contributed by atoms with E-state index in [1.165, 1.54) is 12.1 Å². The van der Waals surface area contributed by atoms with Crippen LogP contribution in [0.5, 0.6) is 5.88 Å². The van der Waals surface area contributed by atoms with Gasteiger partial charge in [-0.15, -0.1) is 0 Å². The number of halogens is 4. The lowest BCUT2D eigenvalue weighted by Gasteiger charge is -2.29. The van der Waals surface area contributed by atoms with Gasteiger partial charge in [0.15, 0.2) is 9.84 Å². The Bertz CT molecular complexity index is 1400. The third-order valence-corrected chi connectivity index (χ3v) is 8.85. The minimum absolute atomic E-state index is 0.00521. The lowest BCUT2D eigenvalue weighted by atomic mass is 9.82. The second kappa shape index (κ2) is 11.5.